The van der Waals surface area contributed by atoms with Gasteiger partial charge in [0.15, 0.2) is 0 Å². The van der Waals surface area contributed by atoms with Crippen molar-refractivity contribution in [2.75, 3.05) is 5.32 Å². The normalized spacial score (nSPS) is 14.5. The Kier molecular flexibility index (Phi) is 1.58. The molecule has 0 saturated carbocycles. The monoisotopic (exact) mass is 182 g/mol. The molecule has 0 aromatic carbocycles. The van der Waals surface area contributed by atoms with E-state index in [9.17, 15) is 4.79 Å². The van der Waals surface area contributed by atoms with Crippen LogP contribution in [-0.4, -0.2) is 11.1 Å². The zero-order chi connectivity index (χ0) is 8.55. The minimum absolute atomic E-state index is 0.299. The minimum atomic E-state index is -0.445. The van der Waals surface area contributed by atoms with Gasteiger partial charge in [-0.2, -0.15) is 0 Å². The fraction of sp³-hybridized carbons (Fsp3) is 0.143. The molecule has 5 heteroatoms. The molecule has 4 nitrogen and oxygen atoms in total. The van der Waals surface area contributed by atoms with E-state index < -0.39 is 6.09 Å². The number of cyclic esters (lactones) is 1. The molecule has 2 rings (SSSR count). The van der Waals surface area contributed by atoms with Crippen molar-refractivity contribution in [3.05, 3.63) is 22.3 Å². The third-order valence-corrected chi connectivity index (χ3v) is 1.83. The molecule has 2 N–H and O–H groups in total. The summed E-state index contributed by atoms with van der Waals surface area (Å²) in [5.41, 5.74) is 0.906. The van der Waals surface area contributed by atoms with E-state index in [0.29, 0.717) is 17.1 Å². The number of carbonyl (C=O) groups is 1. The van der Waals surface area contributed by atoms with Gasteiger partial charge in [-0.05, 0) is 12.1 Å². The lowest BCUT2D eigenvalue weighted by Gasteiger charge is -2.16. The Hall–Kier alpha value is -1.36. The second kappa shape index (κ2) is 2.60. The third kappa shape index (κ3) is 1.18. The molecule has 1 aliphatic rings. The first-order valence-electron chi connectivity index (χ1n) is 3.42. The van der Waals surface area contributed by atoms with Crippen LogP contribution in [0.1, 0.15) is 5.56 Å². The number of aromatic nitrogens is 1. The molecular formula is C7H6N2O2S. The predicted molar refractivity (Wildman–Crippen MR) is 45.4 cm³/mol. The van der Waals surface area contributed by atoms with Crippen molar-refractivity contribution in [2.24, 2.45) is 0 Å². The van der Waals surface area contributed by atoms with Crippen molar-refractivity contribution in [1.82, 2.24) is 4.98 Å². The van der Waals surface area contributed by atoms with E-state index in [0.717, 1.165) is 5.56 Å². The Balaban J connectivity index is 2.50. The maximum absolute atomic E-state index is 10.7. The summed E-state index contributed by atoms with van der Waals surface area (Å²) in [6, 6.07) is 3.59. The van der Waals surface area contributed by atoms with Crippen LogP contribution in [0.3, 0.4) is 0 Å². The lowest BCUT2D eigenvalue weighted by molar-refractivity contribution is 0.151. The van der Waals surface area contributed by atoms with Gasteiger partial charge in [0.05, 0.1) is 0 Å². The highest BCUT2D eigenvalue weighted by Crippen LogP contribution is 2.17. The maximum atomic E-state index is 10.7. The Morgan fingerprint density at radius 2 is 2.33 bits per heavy atom. The molecule has 0 unspecified atom stereocenters. The summed E-state index contributed by atoms with van der Waals surface area (Å²) in [5.74, 6) is 0.638. The van der Waals surface area contributed by atoms with Crippen LogP contribution in [0.4, 0.5) is 10.6 Å². The van der Waals surface area contributed by atoms with Gasteiger partial charge in [0.2, 0.25) is 0 Å². The molecule has 0 fully saturated rings. The predicted octanol–water partition coefficient (Wildman–Crippen LogP) is 1.81. The molecule has 62 valence electrons. The highest BCUT2D eigenvalue weighted by Gasteiger charge is 2.14. The fourth-order valence-electron chi connectivity index (χ4n) is 1.02. The van der Waals surface area contributed by atoms with Crippen molar-refractivity contribution >= 4 is 24.1 Å². The summed E-state index contributed by atoms with van der Waals surface area (Å²) in [5, 5.41) is 2.52. The van der Waals surface area contributed by atoms with Crippen molar-refractivity contribution in [3.8, 4) is 0 Å². The van der Waals surface area contributed by atoms with Crippen molar-refractivity contribution < 1.29 is 9.53 Å². The molecule has 0 atom stereocenters. The molecule has 0 saturated heterocycles. The number of aromatic amines is 1. The van der Waals surface area contributed by atoms with Crippen LogP contribution in [0, 0.1) is 4.64 Å². The van der Waals surface area contributed by atoms with E-state index in [2.05, 4.69) is 10.3 Å². The number of anilines is 1. The lowest BCUT2D eigenvalue weighted by Crippen LogP contribution is -2.21. The number of hydrogen-bond acceptors (Lipinski definition) is 3. The average Bonchev–Trinajstić information content (AvgIpc) is 2.03. The topological polar surface area (TPSA) is 54.1 Å². The van der Waals surface area contributed by atoms with E-state index >= 15 is 0 Å². The number of pyridine rings is 1. The van der Waals surface area contributed by atoms with E-state index in [4.69, 9.17) is 17.0 Å². The summed E-state index contributed by atoms with van der Waals surface area (Å²) < 4.78 is 5.33. The molecular weight excluding hydrogens is 176 g/mol. The van der Waals surface area contributed by atoms with Gasteiger partial charge in [0, 0.05) is 5.56 Å². The Morgan fingerprint density at radius 1 is 1.50 bits per heavy atom. The second-order valence-electron chi connectivity index (χ2n) is 2.42. The summed E-state index contributed by atoms with van der Waals surface area (Å²) in [6.45, 7) is 0.299. The highest BCUT2D eigenvalue weighted by molar-refractivity contribution is 7.71. The quantitative estimate of drug-likeness (QED) is 0.601. The van der Waals surface area contributed by atoms with Crippen LogP contribution < -0.4 is 5.32 Å². The maximum Gasteiger partial charge on any atom is 0.413 e. The first-order valence-corrected chi connectivity index (χ1v) is 3.82. The number of rotatable bonds is 0. The Bertz CT molecular complexity index is 385. The second-order valence-corrected chi connectivity index (χ2v) is 2.86. The average molecular weight is 182 g/mol. The smallest absolute Gasteiger partial charge is 0.413 e. The molecule has 0 bridgehead atoms. The molecule has 1 aromatic heterocycles. The van der Waals surface area contributed by atoms with Gasteiger partial charge in [-0.1, -0.05) is 12.2 Å². The number of nitrogens with one attached hydrogen (secondary N) is 2. The van der Waals surface area contributed by atoms with Gasteiger partial charge >= 0.3 is 6.09 Å². The first-order chi connectivity index (χ1) is 5.75. The highest BCUT2D eigenvalue weighted by atomic mass is 32.1. The number of ether oxygens (including phenoxy) is 1. The van der Waals surface area contributed by atoms with Crippen LogP contribution in [0.2, 0.25) is 0 Å². The SMILES string of the molecule is O=C1Nc2[nH]c(=S)ccc2CO1. The summed E-state index contributed by atoms with van der Waals surface area (Å²) in [4.78, 5) is 13.6. The summed E-state index contributed by atoms with van der Waals surface area (Å²) in [7, 11) is 0. The Labute approximate surface area is 73.6 Å². The third-order valence-electron chi connectivity index (χ3n) is 1.59. The number of hydrogen-bond donors (Lipinski definition) is 2. The molecule has 1 aliphatic heterocycles. The molecule has 1 aromatic rings. The van der Waals surface area contributed by atoms with Gasteiger partial charge < -0.3 is 9.72 Å². The van der Waals surface area contributed by atoms with Crippen molar-refractivity contribution in [3.63, 3.8) is 0 Å². The Morgan fingerprint density at radius 3 is 3.17 bits per heavy atom. The van der Waals surface area contributed by atoms with E-state index in [1.807, 2.05) is 6.07 Å². The fourth-order valence-corrected chi connectivity index (χ4v) is 1.19. The van der Waals surface area contributed by atoms with Crippen LogP contribution in [-0.2, 0) is 11.3 Å². The zero-order valence-corrected chi connectivity index (χ0v) is 6.90. The largest absolute Gasteiger partial charge is 0.444 e. The van der Waals surface area contributed by atoms with Crippen LogP contribution >= 0.6 is 12.2 Å². The summed E-state index contributed by atoms with van der Waals surface area (Å²) >= 11 is 4.89. The molecule has 0 aliphatic carbocycles. The lowest BCUT2D eigenvalue weighted by atomic mass is 10.2. The molecule has 12 heavy (non-hydrogen) atoms. The van der Waals surface area contributed by atoms with Gasteiger partial charge in [-0.15, -0.1) is 0 Å². The van der Waals surface area contributed by atoms with Crippen LogP contribution in [0.25, 0.3) is 0 Å². The van der Waals surface area contributed by atoms with E-state index in [1.54, 1.807) is 6.07 Å². The molecule has 0 radical (unpaired) electrons. The number of carbonyl (C=O) groups excluding carboxylic acids is 1. The number of H-pyrrole nitrogens is 1. The first kappa shape index (κ1) is 7.30. The van der Waals surface area contributed by atoms with Gasteiger partial charge in [-0.25, -0.2) is 4.79 Å². The number of amides is 1. The van der Waals surface area contributed by atoms with Crippen molar-refractivity contribution in [2.45, 2.75) is 6.61 Å². The van der Waals surface area contributed by atoms with Gasteiger partial charge in [0.1, 0.15) is 17.1 Å². The number of fused-ring (bicyclic) bond motifs is 1. The zero-order valence-electron chi connectivity index (χ0n) is 6.09. The standard InChI is InChI=1S/C7H6N2O2S/c10-7-9-6-4(3-11-7)1-2-5(12)8-6/h1-2H,3H2,(H2,8,9,10,12). The molecule has 0 spiro atoms. The summed E-state index contributed by atoms with van der Waals surface area (Å²) in [6.07, 6.45) is -0.445. The molecule has 2 heterocycles. The van der Waals surface area contributed by atoms with Crippen LogP contribution in [0.15, 0.2) is 12.1 Å². The van der Waals surface area contributed by atoms with Crippen molar-refractivity contribution in [1.29, 1.82) is 0 Å². The van der Waals surface area contributed by atoms with Gasteiger partial charge in [0.25, 0.3) is 0 Å². The van der Waals surface area contributed by atoms with E-state index in [-0.39, 0.29) is 0 Å². The minimum Gasteiger partial charge on any atom is -0.444 e. The molecule has 1 amide bonds. The van der Waals surface area contributed by atoms with E-state index in [1.165, 1.54) is 0 Å². The van der Waals surface area contributed by atoms with Crippen LogP contribution in [0.5, 0.6) is 0 Å². The van der Waals surface area contributed by atoms with Gasteiger partial charge in [-0.3, -0.25) is 5.32 Å².